The Morgan fingerprint density at radius 2 is 1.62 bits per heavy atom. The van der Waals surface area contributed by atoms with Gasteiger partial charge in [-0.2, -0.15) is 0 Å². The van der Waals surface area contributed by atoms with Crippen LogP contribution in [0, 0.1) is 5.92 Å². The summed E-state index contributed by atoms with van der Waals surface area (Å²) in [5, 5.41) is 2.64. The van der Waals surface area contributed by atoms with Crippen molar-refractivity contribution < 1.29 is 45.3 Å². The molecule has 3 saturated heterocycles. The molecule has 182 valence electrons. The van der Waals surface area contributed by atoms with Gasteiger partial charge in [-0.1, -0.05) is 60.7 Å². The molecule has 1 amide bonds. The summed E-state index contributed by atoms with van der Waals surface area (Å²) in [6.07, 6.45) is 0.899. The average Bonchev–Trinajstić information content (AvgIpc) is 2.84. The average molecular weight is 531 g/mol. The van der Waals surface area contributed by atoms with Crippen LogP contribution in [0.2, 0.25) is 0 Å². The number of esters is 1. The van der Waals surface area contributed by atoms with Gasteiger partial charge in [0.2, 0.25) is 5.78 Å². The second-order valence-electron chi connectivity index (χ2n) is 8.94. The van der Waals surface area contributed by atoms with Gasteiger partial charge in [0.15, 0.2) is 12.1 Å². The number of rotatable bonds is 8. The number of carbonyl (C=O) groups is 3. The van der Waals surface area contributed by atoms with Crippen molar-refractivity contribution >= 4 is 17.8 Å². The topological polar surface area (TPSA) is 81.7 Å². The molecule has 3 aliphatic heterocycles. The first-order chi connectivity index (χ1) is 16.0. The molecule has 2 bridgehead atoms. The monoisotopic (exact) mass is 530 g/mol. The number of hydrogen-bond donors (Lipinski definition) is 1. The van der Waals surface area contributed by atoms with Gasteiger partial charge < -0.3 is 36.3 Å². The largest absolute Gasteiger partial charge is 1.00 e. The third kappa shape index (κ3) is 6.04. The lowest BCUT2D eigenvalue weighted by atomic mass is 9.82. The summed E-state index contributed by atoms with van der Waals surface area (Å²) >= 11 is 0. The predicted molar refractivity (Wildman–Crippen MR) is 122 cm³/mol. The number of amides is 1. The maximum atomic E-state index is 13.2. The molecule has 2 aromatic carbocycles. The van der Waals surface area contributed by atoms with Crippen molar-refractivity contribution in [1.82, 2.24) is 5.32 Å². The third-order valence-corrected chi connectivity index (χ3v) is 6.79. The van der Waals surface area contributed by atoms with Crippen molar-refractivity contribution in [2.75, 3.05) is 32.8 Å². The number of alkyl carbamates (subject to hydrolysis) is 1. The van der Waals surface area contributed by atoms with Crippen molar-refractivity contribution in [3.05, 3.63) is 71.8 Å². The molecule has 1 N–H and O–H groups in total. The summed E-state index contributed by atoms with van der Waals surface area (Å²) in [5.74, 6) is -0.104. The maximum absolute atomic E-state index is 13.2. The molecule has 0 aromatic heterocycles. The van der Waals surface area contributed by atoms with Gasteiger partial charge in [0, 0.05) is 24.3 Å². The van der Waals surface area contributed by atoms with E-state index in [1.807, 2.05) is 48.5 Å². The predicted octanol–water partition coefficient (Wildman–Crippen LogP) is 0.513. The number of ether oxygens (including phenoxy) is 2. The number of carbonyl (C=O) groups excluding carboxylic acids is 3. The SMILES string of the molecule is CCOC(=O)NC(C(=O)O[C@H]1C[N+]2(CC(=O)c3ccccc3)CCC1CC2)c1ccccc1.[Br-]. The highest BCUT2D eigenvalue weighted by molar-refractivity contribution is 5.97. The van der Waals surface area contributed by atoms with Crippen LogP contribution in [0.5, 0.6) is 0 Å². The molecule has 0 saturated carbocycles. The van der Waals surface area contributed by atoms with Crippen LogP contribution in [0.1, 0.15) is 41.7 Å². The highest BCUT2D eigenvalue weighted by atomic mass is 79.9. The molecule has 7 nitrogen and oxygen atoms in total. The van der Waals surface area contributed by atoms with Crippen LogP contribution in [-0.4, -0.2) is 61.2 Å². The van der Waals surface area contributed by atoms with Crippen LogP contribution >= 0.6 is 0 Å². The Kier molecular flexibility index (Phi) is 8.85. The number of halogens is 1. The first-order valence-electron chi connectivity index (χ1n) is 11.6. The van der Waals surface area contributed by atoms with E-state index < -0.39 is 18.1 Å². The van der Waals surface area contributed by atoms with Crippen LogP contribution in [-0.2, 0) is 14.3 Å². The van der Waals surface area contributed by atoms with E-state index in [1.54, 1.807) is 19.1 Å². The summed E-state index contributed by atoms with van der Waals surface area (Å²) in [7, 11) is 0. The van der Waals surface area contributed by atoms with Gasteiger partial charge in [-0.3, -0.25) is 4.79 Å². The van der Waals surface area contributed by atoms with E-state index in [1.165, 1.54) is 0 Å². The highest BCUT2D eigenvalue weighted by Crippen LogP contribution is 2.36. The van der Waals surface area contributed by atoms with Crippen molar-refractivity contribution in [3.8, 4) is 0 Å². The minimum absolute atomic E-state index is 0. The van der Waals surface area contributed by atoms with E-state index >= 15 is 0 Å². The van der Waals surface area contributed by atoms with Crippen molar-refractivity contribution in [2.45, 2.75) is 31.9 Å². The number of Topliss-reactive ketones (excluding diaryl/α,β-unsaturated/α-hetero) is 1. The molecule has 2 atom stereocenters. The molecule has 2 aromatic rings. The van der Waals surface area contributed by atoms with E-state index in [0.717, 1.165) is 25.9 Å². The highest BCUT2D eigenvalue weighted by Gasteiger charge is 2.49. The van der Waals surface area contributed by atoms with Crippen LogP contribution in [0.25, 0.3) is 0 Å². The molecular weight excluding hydrogens is 500 g/mol. The number of quaternary nitrogens is 1. The third-order valence-electron chi connectivity index (χ3n) is 6.79. The van der Waals surface area contributed by atoms with E-state index in [0.29, 0.717) is 28.7 Å². The number of hydrogen-bond acceptors (Lipinski definition) is 5. The van der Waals surface area contributed by atoms with Gasteiger partial charge in [-0.25, -0.2) is 9.59 Å². The smallest absolute Gasteiger partial charge is 0.408 e. The van der Waals surface area contributed by atoms with Gasteiger partial charge in [-0.15, -0.1) is 0 Å². The van der Waals surface area contributed by atoms with Crippen LogP contribution in [0.4, 0.5) is 4.79 Å². The van der Waals surface area contributed by atoms with Gasteiger partial charge in [0.25, 0.3) is 0 Å². The number of fused-ring (bicyclic) bond motifs is 3. The first kappa shape index (κ1) is 25.9. The van der Waals surface area contributed by atoms with E-state index in [-0.39, 0.29) is 41.4 Å². The molecule has 0 radical (unpaired) electrons. The quantitative estimate of drug-likeness (QED) is 0.305. The summed E-state index contributed by atoms with van der Waals surface area (Å²) in [5.41, 5.74) is 1.36. The summed E-state index contributed by atoms with van der Waals surface area (Å²) in [6, 6.07) is 17.4. The molecule has 34 heavy (non-hydrogen) atoms. The number of nitrogens with zero attached hydrogens (tertiary/aromatic N) is 1. The lowest BCUT2D eigenvalue weighted by Crippen LogP contribution is -3.00. The van der Waals surface area contributed by atoms with E-state index in [9.17, 15) is 14.4 Å². The molecule has 3 fully saturated rings. The molecule has 0 spiro atoms. The maximum Gasteiger partial charge on any atom is 0.408 e. The van der Waals surface area contributed by atoms with E-state index in [2.05, 4.69) is 5.32 Å². The normalized spacial score (nSPS) is 23.8. The zero-order valence-electron chi connectivity index (χ0n) is 19.3. The lowest BCUT2D eigenvalue weighted by molar-refractivity contribution is -0.938. The standard InChI is InChI=1S/C26H30N2O5.BrH/c1-2-32-26(31)27-24(21-11-7-4-8-12-21)25(30)33-23-18-28(15-13-20(23)14-16-28)17-22(29)19-9-5-3-6-10-19;/h3-12,20,23-24H,2,13-18H2,1H3;1H/t20?,23-,24?,28?;/m0./s1. The van der Waals surface area contributed by atoms with E-state index in [4.69, 9.17) is 9.47 Å². The Balaban J connectivity index is 0.00000324. The number of benzene rings is 2. The van der Waals surface area contributed by atoms with Crippen molar-refractivity contribution in [2.24, 2.45) is 5.92 Å². The number of ketones is 1. The zero-order chi connectivity index (χ0) is 23.3. The molecule has 5 rings (SSSR count). The van der Waals surface area contributed by atoms with Gasteiger partial charge in [-0.05, 0) is 12.5 Å². The Bertz CT molecular complexity index is 977. The van der Waals surface area contributed by atoms with Crippen LogP contribution in [0.3, 0.4) is 0 Å². The molecule has 3 aliphatic rings. The van der Waals surface area contributed by atoms with Crippen LogP contribution < -0.4 is 22.3 Å². The fourth-order valence-electron chi connectivity index (χ4n) is 5.03. The second kappa shape index (κ2) is 11.6. The minimum Gasteiger partial charge on any atom is -1.00 e. The summed E-state index contributed by atoms with van der Waals surface area (Å²) < 4.78 is 11.6. The summed E-state index contributed by atoms with van der Waals surface area (Å²) in [4.78, 5) is 38.2. The molecule has 8 heteroatoms. The fraction of sp³-hybridized carbons (Fsp3) is 0.423. The minimum atomic E-state index is -0.944. The second-order valence-corrected chi connectivity index (χ2v) is 8.94. The Morgan fingerprint density at radius 1 is 1.00 bits per heavy atom. The first-order valence-corrected chi connectivity index (χ1v) is 11.6. The molecule has 3 heterocycles. The fourth-order valence-corrected chi connectivity index (χ4v) is 5.03. The molecular formula is C26H31BrN2O5. The number of nitrogens with one attached hydrogen (secondary N) is 1. The summed E-state index contributed by atoms with van der Waals surface area (Å²) in [6.45, 7) is 4.79. The molecule has 0 aliphatic carbocycles. The number of piperidine rings is 3. The van der Waals surface area contributed by atoms with Crippen LogP contribution in [0.15, 0.2) is 60.7 Å². The Labute approximate surface area is 210 Å². The molecule has 1 unspecified atom stereocenters. The van der Waals surface area contributed by atoms with Crippen molar-refractivity contribution in [3.63, 3.8) is 0 Å². The Hall–Kier alpha value is -2.71. The van der Waals surface area contributed by atoms with Gasteiger partial charge in [0.05, 0.1) is 19.7 Å². The van der Waals surface area contributed by atoms with Gasteiger partial charge >= 0.3 is 12.1 Å². The van der Waals surface area contributed by atoms with Gasteiger partial charge in [0.1, 0.15) is 13.1 Å². The Morgan fingerprint density at radius 3 is 2.24 bits per heavy atom. The van der Waals surface area contributed by atoms with Crippen molar-refractivity contribution in [1.29, 1.82) is 0 Å². The lowest BCUT2D eigenvalue weighted by Gasteiger charge is -2.51. The zero-order valence-corrected chi connectivity index (χ0v) is 20.9.